The molecule has 2 aliphatic heterocycles. The number of morpholine rings is 1. The summed E-state index contributed by atoms with van der Waals surface area (Å²) >= 11 is 0. The highest BCUT2D eigenvalue weighted by Gasteiger charge is 2.34. The van der Waals surface area contributed by atoms with Crippen molar-refractivity contribution in [3.8, 4) is 0 Å². The van der Waals surface area contributed by atoms with Gasteiger partial charge in [0, 0.05) is 49.9 Å². The second-order valence-electron chi connectivity index (χ2n) is 8.35. The van der Waals surface area contributed by atoms with Crippen LogP contribution >= 0.6 is 12.4 Å². The summed E-state index contributed by atoms with van der Waals surface area (Å²) in [6.45, 7) is 4.43. The van der Waals surface area contributed by atoms with Gasteiger partial charge in [-0.2, -0.15) is 13.2 Å². The van der Waals surface area contributed by atoms with E-state index in [4.69, 9.17) is 4.74 Å². The maximum absolute atomic E-state index is 13.2. The number of ether oxygens (including phenoxy) is 1. The van der Waals surface area contributed by atoms with Gasteiger partial charge in [-0.25, -0.2) is 0 Å². The third-order valence-electron chi connectivity index (χ3n) is 6.42. The molecule has 0 aromatic heterocycles. The average Bonchev–Trinajstić information content (AvgIpc) is 2.83. The molecule has 1 amide bonds. The Morgan fingerprint density at radius 1 is 1.06 bits per heavy atom. The second kappa shape index (κ2) is 10.8. The van der Waals surface area contributed by atoms with Gasteiger partial charge in [-0.05, 0) is 54.9 Å². The van der Waals surface area contributed by atoms with Crippen LogP contribution in [-0.2, 0) is 10.9 Å². The molecule has 0 radical (unpaired) electrons. The lowest BCUT2D eigenvalue weighted by Gasteiger charge is -2.39. The molecule has 33 heavy (non-hydrogen) atoms. The van der Waals surface area contributed by atoms with Gasteiger partial charge in [-0.15, -0.1) is 12.4 Å². The van der Waals surface area contributed by atoms with Gasteiger partial charge in [0.25, 0.3) is 5.91 Å². The number of amides is 1. The maximum Gasteiger partial charge on any atom is 0.416 e. The maximum atomic E-state index is 13.2. The number of piperidine rings is 1. The number of nitrogens with zero attached hydrogens (tertiary/aromatic N) is 2. The zero-order valence-corrected chi connectivity index (χ0v) is 19.3. The third kappa shape index (κ3) is 5.80. The van der Waals surface area contributed by atoms with E-state index in [1.54, 1.807) is 11.9 Å². The van der Waals surface area contributed by atoms with Gasteiger partial charge in [0.1, 0.15) is 0 Å². The highest BCUT2D eigenvalue weighted by molar-refractivity contribution is 5.94. The Labute approximate surface area is 198 Å². The molecule has 1 N–H and O–H groups in total. The summed E-state index contributed by atoms with van der Waals surface area (Å²) in [7, 11) is 1.78. The monoisotopic (exact) mass is 483 g/mol. The number of alkyl halides is 3. The van der Waals surface area contributed by atoms with Crippen LogP contribution in [0.5, 0.6) is 0 Å². The van der Waals surface area contributed by atoms with E-state index in [1.165, 1.54) is 12.1 Å². The number of anilines is 1. The lowest BCUT2D eigenvalue weighted by molar-refractivity contribution is -0.137. The standard InChI is InChI=1S/C24H28F3N3O2.ClH/c1-29(23(31)18-4-8-20(9-5-18)30-12-14-32-15-13-30)22-10-11-28-16-21(22)17-2-6-19(7-3-17)24(25,26)27;/h2-9,21-22,28H,10-16H2,1H3;1H/t21-,22+;/m0./s1. The molecule has 180 valence electrons. The molecule has 0 saturated carbocycles. The van der Waals surface area contributed by atoms with E-state index in [-0.39, 0.29) is 30.3 Å². The van der Waals surface area contributed by atoms with E-state index in [1.807, 2.05) is 24.3 Å². The predicted octanol–water partition coefficient (Wildman–Crippen LogP) is 4.18. The highest BCUT2D eigenvalue weighted by Crippen LogP contribution is 2.33. The zero-order chi connectivity index (χ0) is 22.7. The van der Waals surface area contributed by atoms with Crippen molar-refractivity contribution in [1.82, 2.24) is 10.2 Å². The van der Waals surface area contributed by atoms with E-state index < -0.39 is 11.7 Å². The summed E-state index contributed by atoms with van der Waals surface area (Å²) in [6, 6.07) is 12.8. The zero-order valence-electron chi connectivity index (χ0n) is 18.5. The molecule has 5 nitrogen and oxygen atoms in total. The van der Waals surface area contributed by atoms with Crippen LogP contribution in [0.2, 0.25) is 0 Å². The normalized spacial score (nSPS) is 21.3. The Bertz CT molecular complexity index is 916. The van der Waals surface area contributed by atoms with Crippen LogP contribution in [0.4, 0.5) is 18.9 Å². The van der Waals surface area contributed by atoms with Crippen molar-refractivity contribution in [3.63, 3.8) is 0 Å². The average molecular weight is 484 g/mol. The molecule has 0 unspecified atom stereocenters. The van der Waals surface area contributed by atoms with Crippen molar-refractivity contribution in [2.75, 3.05) is 51.3 Å². The van der Waals surface area contributed by atoms with E-state index in [0.717, 1.165) is 49.4 Å². The molecule has 0 bridgehead atoms. The molecule has 2 saturated heterocycles. The summed E-state index contributed by atoms with van der Waals surface area (Å²) in [5, 5.41) is 3.31. The number of halogens is 4. The smallest absolute Gasteiger partial charge is 0.378 e. The predicted molar refractivity (Wildman–Crippen MR) is 124 cm³/mol. The number of nitrogens with one attached hydrogen (secondary N) is 1. The van der Waals surface area contributed by atoms with Crippen LogP contribution in [0.15, 0.2) is 48.5 Å². The molecular formula is C24H29ClF3N3O2. The quantitative estimate of drug-likeness (QED) is 0.708. The van der Waals surface area contributed by atoms with Gasteiger partial charge in [-0.3, -0.25) is 4.79 Å². The van der Waals surface area contributed by atoms with Crippen LogP contribution in [0.1, 0.15) is 33.8 Å². The number of hydrogen-bond donors (Lipinski definition) is 1. The molecule has 2 aromatic rings. The number of carbonyl (C=O) groups is 1. The Balaban J connectivity index is 0.00000306. The van der Waals surface area contributed by atoms with Gasteiger partial charge >= 0.3 is 6.18 Å². The molecule has 2 aromatic carbocycles. The molecule has 2 fully saturated rings. The Morgan fingerprint density at radius 3 is 2.30 bits per heavy atom. The van der Waals surface area contributed by atoms with Crippen molar-refractivity contribution in [3.05, 3.63) is 65.2 Å². The topological polar surface area (TPSA) is 44.8 Å². The molecule has 0 aliphatic carbocycles. The second-order valence-corrected chi connectivity index (χ2v) is 8.35. The Kier molecular flexibility index (Phi) is 8.26. The fourth-order valence-electron chi connectivity index (χ4n) is 4.56. The molecule has 0 spiro atoms. The molecular weight excluding hydrogens is 455 g/mol. The highest BCUT2D eigenvalue weighted by atomic mass is 35.5. The van der Waals surface area contributed by atoms with Crippen LogP contribution in [0.25, 0.3) is 0 Å². The molecule has 2 atom stereocenters. The van der Waals surface area contributed by atoms with Crippen molar-refractivity contribution >= 4 is 24.0 Å². The molecule has 9 heteroatoms. The van der Waals surface area contributed by atoms with Crippen LogP contribution < -0.4 is 10.2 Å². The summed E-state index contributed by atoms with van der Waals surface area (Å²) in [5.41, 5.74) is 1.81. The lowest BCUT2D eigenvalue weighted by atomic mass is 9.85. The van der Waals surface area contributed by atoms with Crippen LogP contribution in [0, 0.1) is 0 Å². The van der Waals surface area contributed by atoms with Crippen molar-refractivity contribution < 1.29 is 22.7 Å². The SMILES string of the molecule is CN(C(=O)c1ccc(N2CCOCC2)cc1)[C@@H]1CCNC[C@H]1c1ccc(C(F)(F)F)cc1.Cl. The number of benzene rings is 2. The minimum Gasteiger partial charge on any atom is -0.378 e. The lowest BCUT2D eigenvalue weighted by Crippen LogP contribution is -2.49. The van der Waals surface area contributed by atoms with Gasteiger partial charge in [0.15, 0.2) is 0 Å². The van der Waals surface area contributed by atoms with Gasteiger partial charge in [-0.1, -0.05) is 12.1 Å². The van der Waals surface area contributed by atoms with E-state index in [9.17, 15) is 18.0 Å². The summed E-state index contributed by atoms with van der Waals surface area (Å²) in [6.07, 6.45) is -3.62. The Morgan fingerprint density at radius 2 is 1.70 bits per heavy atom. The minimum atomic E-state index is -4.36. The molecule has 2 heterocycles. The molecule has 4 rings (SSSR count). The Hall–Kier alpha value is -2.29. The van der Waals surface area contributed by atoms with Crippen LogP contribution in [0.3, 0.4) is 0 Å². The van der Waals surface area contributed by atoms with Crippen molar-refractivity contribution in [2.45, 2.75) is 24.6 Å². The fourth-order valence-corrected chi connectivity index (χ4v) is 4.56. The minimum absolute atomic E-state index is 0. The first-order valence-electron chi connectivity index (χ1n) is 10.9. The molecule has 2 aliphatic rings. The number of carbonyl (C=O) groups excluding carboxylic acids is 1. The summed E-state index contributed by atoms with van der Waals surface area (Å²) in [4.78, 5) is 17.2. The summed E-state index contributed by atoms with van der Waals surface area (Å²) in [5.74, 6) is -0.157. The van der Waals surface area contributed by atoms with Gasteiger partial charge < -0.3 is 19.9 Å². The van der Waals surface area contributed by atoms with Gasteiger partial charge in [0.2, 0.25) is 0 Å². The van der Waals surface area contributed by atoms with Gasteiger partial charge in [0.05, 0.1) is 18.8 Å². The number of rotatable bonds is 4. The van der Waals surface area contributed by atoms with Crippen LogP contribution in [-0.4, -0.2) is 63.3 Å². The van der Waals surface area contributed by atoms with Crippen molar-refractivity contribution in [1.29, 1.82) is 0 Å². The van der Waals surface area contributed by atoms with E-state index in [2.05, 4.69) is 10.2 Å². The first-order valence-corrected chi connectivity index (χ1v) is 10.9. The number of hydrogen-bond acceptors (Lipinski definition) is 4. The first kappa shape index (κ1) is 25.3. The largest absolute Gasteiger partial charge is 0.416 e. The summed E-state index contributed by atoms with van der Waals surface area (Å²) < 4.78 is 44.2. The fraction of sp³-hybridized carbons (Fsp3) is 0.458. The van der Waals surface area contributed by atoms with Crippen molar-refractivity contribution in [2.24, 2.45) is 0 Å². The first-order chi connectivity index (χ1) is 15.3. The third-order valence-corrected chi connectivity index (χ3v) is 6.42. The number of likely N-dealkylation sites (N-methyl/N-ethyl adjacent to an activating group) is 1. The van der Waals surface area contributed by atoms with E-state index >= 15 is 0 Å². The van der Waals surface area contributed by atoms with E-state index in [0.29, 0.717) is 25.3 Å².